The van der Waals surface area contributed by atoms with E-state index in [4.69, 9.17) is 14.4 Å². The highest BCUT2D eigenvalue weighted by molar-refractivity contribution is 6.13. The molecule has 0 spiro atoms. The summed E-state index contributed by atoms with van der Waals surface area (Å²) in [7, 11) is 0. The Morgan fingerprint density at radius 2 is 1.32 bits per heavy atom. The molecule has 3 aromatic heterocycles. The van der Waals surface area contributed by atoms with Crippen molar-refractivity contribution in [3.05, 3.63) is 121 Å². The highest BCUT2D eigenvalue weighted by atomic mass is 16.3. The number of fused-ring (bicyclic) bond motifs is 6. The Kier molecular flexibility index (Phi) is 4.61. The van der Waals surface area contributed by atoms with Gasteiger partial charge in [0.2, 0.25) is 5.95 Å². The summed E-state index contributed by atoms with van der Waals surface area (Å²) in [6.07, 6.45) is 6.39. The van der Waals surface area contributed by atoms with E-state index in [1.807, 2.05) is 36.4 Å². The highest BCUT2D eigenvalue weighted by Gasteiger charge is 2.21. The maximum Gasteiger partial charge on any atom is 0.235 e. The van der Waals surface area contributed by atoms with E-state index in [1.165, 1.54) is 5.56 Å². The third-order valence-corrected chi connectivity index (χ3v) is 7.47. The predicted octanol–water partition coefficient (Wildman–Crippen LogP) is 8.61. The zero-order valence-corrected chi connectivity index (χ0v) is 20.6. The van der Waals surface area contributed by atoms with Crippen LogP contribution in [0.25, 0.3) is 67.3 Å². The van der Waals surface area contributed by atoms with E-state index in [2.05, 4.69) is 83.4 Å². The van der Waals surface area contributed by atoms with Gasteiger partial charge in [-0.2, -0.15) is 0 Å². The van der Waals surface area contributed by atoms with E-state index in [9.17, 15) is 0 Å². The first-order valence-corrected chi connectivity index (χ1v) is 13.0. The molecule has 7 aromatic rings. The number of aryl methyl sites for hydroxylation is 1. The molecule has 1 aliphatic rings. The Hall–Kier alpha value is -4.96. The molecule has 38 heavy (non-hydrogen) atoms. The van der Waals surface area contributed by atoms with Crippen molar-refractivity contribution in [1.82, 2.24) is 14.5 Å². The van der Waals surface area contributed by atoms with Crippen LogP contribution in [0.3, 0.4) is 0 Å². The first-order valence-electron chi connectivity index (χ1n) is 13.0. The molecule has 4 aromatic carbocycles. The number of furan rings is 1. The second-order valence-electron chi connectivity index (χ2n) is 9.77. The molecule has 0 atom stereocenters. The molecule has 0 N–H and O–H groups in total. The van der Waals surface area contributed by atoms with Crippen molar-refractivity contribution >= 4 is 38.9 Å². The third-order valence-electron chi connectivity index (χ3n) is 7.47. The summed E-state index contributed by atoms with van der Waals surface area (Å²) in [4.78, 5) is 10.3. The monoisotopic (exact) mass is 489 g/mol. The lowest BCUT2D eigenvalue weighted by molar-refractivity contribution is 0.546. The van der Waals surface area contributed by atoms with Crippen LogP contribution in [0.15, 0.2) is 114 Å². The van der Waals surface area contributed by atoms with Gasteiger partial charge in [0.25, 0.3) is 0 Å². The average molecular weight is 490 g/mol. The normalized spacial score (nSPS) is 12.9. The van der Waals surface area contributed by atoms with Gasteiger partial charge in [-0.3, -0.25) is 4.57 Å². The Morgan fingerprint density at radius 3 is 2.05 bits per heavy atom. The fraction of sp³-hybridized carbons (Fsp3) is 0.0588. The van der Waals surface area contributed by atoms with Crippen molar-refractivity contribution in [1.29, 1.82) is 0 Å². The standard InChI is InChI=1S/C34H23N3O/c1-3-11-22(12-4-1)28-21-29(23-13-5-2-6-14-23)36-34(35-28)37-30-17-9-7-15-24(30)26-20-33-27(19-31(26)37)25-16-8-10-18-32(25)38-33/h1-9,11-17,19-21H,10,18H2. The number of hydrogen-bond acceptors (Lipinski definition) is 3. The highest BCUT2D eigenvalue weighted by Crippen LogP contribution is 2.39. The van der Waals surface area contributed by atoms with Gasteiger partial charge in [-0.25, -0.2) is 9.97 Å². The van der Waals surface area contributed by atoms with Gasteiger partial charge >= 0.3 is 0 Å². The Bertz CT molecular complexity index is 1960. The molecule has 0 amide bonds. The number of nitrogens with zero attached hydrogens (tertiary/aromatic N) is 3. The quantitative estimate of drug-likeness (QED) is 0.250. The smallest absolute Gasteiger partial charge is 0.235 e. The fourth-order valence-corrected chi connectivity index (χ4v) is 5.68. The summed E-state index contributed by atoms with van der Waals surface area (Å²) in [6, 6.07) is 35.6. The van der Waals surface area contributed by atoms with E-state index < -0.39 is 0 Å². The van der Waals surface area contributed by atoms with Gasteiger partial charge < -0.3 is 4.42 Å². The minimum atomic E-state index is 0.656. The van der Waals surface area contributed by atoms with Crippen LogP contribution >= 0.6 is 0 Å². The van der Waals surface area contributed by atoms with Crippen molar-refractivity contribution in [2.45, 2.75) is 12.8 Å². The lowest BCUT2D eigenvalue weighted by Crippen LogP contribution is -2.04. The zero-order valence-electron chi connectivity index (χ0n) is 20.6. The molecule has 180 valence electrons. The average Bonchev–Trinajstić information content (AvgIpc) is 3.51. The Labute approximate surface area is 219 Å². The molecular formula is C34H23N3O. The maximum atomic E-state index is 6.32. The maximum absolute atomic E-state index is 6.32. The van der Waals surface area contributed by atoms with Crippen LogP contribution in [0.1, 0.15) is 17.7 Å². The van der Waals surface area contributed by atoms with Crippen molar-refractivity contribution in [3.8, 4) is 28.5 Å². The van der Waals surface area contributed by atoms with Crippen LogP contribution < -0.4 is 0 Å². The molecular weight excluding hydrogens is 466 g/mol. The van der Waals surface area contributed by atoms with Gasteiger partial charge in [0, 0.05) is 39.3 Å². The first-order chi connectivity index (χ1) is 18.8. The second kappa shape index (κ2) is 8.29. The van der Waals surface area contributed by atoms with Gasteiger partial charge in [0.05, 0.1) is 22.4 Å². The molecule has 0 bridgehead atoms. The van der Waals surface area contributed by atoms with Crippen LogP contribution in [0.5, 0.6) is 0 Å². The van der Waals surface area contributed by atoms with Gasteiger partial charge in [-0.05, 0) is 30.7 Å². The Balaban J connectivity index is 1.47. The van der Waals surface area contributed by atoms with Gasteiger partial charge in [0.15, 0.2) is 0 Å². The van der Waals surface area contributed by atoms with Gasteiger partial charge in [-0.15, -0.1) is 0 Å². The number of aromatic nitrogens is 3. The minimum Gasteiger partial charge on any atom is -0.460 e. The van der Waals surface area contributed by atoms with Crippen molar-refractivity contribution < 1.29 is 4.42 Å². The number of rotatable bonds is 3. The first kappa shape index (κ1) is 21.2. The van der Waals surface area contributed by atoms with Gasteiger partial charge in [0.1, 0.15) is 11.3 Å². The predicted molar refractivity (Wildman–Crippen MR) is 154 cm³/mol. The molecule has 0 radical (unpaired) electrons. The van der Waals surface area contributed by atoms with E-state index in [-0.39, 0.29) is 0 Å². The molecule has 4 heteroatoms. The topological polar surface area (TPSA) is 43.9 Å². The van der Waals surface area contributed by atoms with E-state index in [1.54, 1.807) is 0 Å². The molecule has 0 saturated heterocycles. The van der Waals surface area contributed by atoms with Gasteiger partial charge in [-0.1, -0.05) is 91.0 Å². The summed E-state index contributed by atoms with van der Waals surface area (Å²) < 4.78 is 8.53. The minimum absolute atomic E-state index is 0.656. The molecule has 0 aliphatic heterocycles. The lowest BCUT2D eigenvalue weighted by Gasteiger charge is -2.12. The largest absolute Gasteiger partial charge is 0.460 e. The molecule has 4 nitrogen and oxygen atoms in total. The third kappa shape index (κ3) is 3.24. The number of allylic oxidation sites excluding steroid dienone is 1. The summed E-state index contributed by atoms with van der Waals surface area (Å²) in [5, 5.41) is 3.43. The van der Waals surface area contributed by atoms with Crippen LogP contribution in [-0.4, -0.2) is 14.5 Å². The zero-order chi connectivity index (χ0) is 25.1. The molecule has 1 aliphatic carbocycles. The molecule has 8 rings (SSSR count). The van der Waals surface area contributed by atoms with Crippen molar-refractivity contribution in [3.63, 3.8) is 0 Å². The Morgan fingerprint density at radius 1 is 0.632 bits per heavy atom. The van der Waals surface area contributed by atoms with Crippen LogP contribution in [0.4, 0.5) is 0 Å². The summed E-state index contributed by atoms with van der Waals surface area (Å²) in [5.74, 6) is 1.73. The van der Waals surface area contributed by atoms with Crippen molar-refractivity contribution in [2.75, 3.05) is 0 Å². The summed E-state index contributed by atoms with van der Waals surface area (Å²) in [6.45, 7) is 0. The molecule has 0 unspecified atom stereocenters. The van der Waals surface area contributed by atoms with Crippen LogP contribution in [-0.2, 0) is 6.42 Å². The van der Waals surface area contributed by atoms with E-state index >= 15 is 0 Å². The SMILES string of the molecule is C1=Cc2c(oc3cc4c5ccccc5n(-c5nc(-c6ccccc6)cc(-c6ccccc6)n5)c4cc23)CC1. The molecule has 3 heterocycles. The molecule has 0 fully saturated rings. The number of benzene rings is 4. The van der Waals surface area contributed by atoms with E-state index in [0.717, 1.165) is 73.9 Å². The van der Waals surface area contributed by atoms with E-state index in [0.29, 0.717) is 5.95 Å². The fourth-order valence-electron chi connectivity index (χ4n) is 5.68. The summed E-state index contributed by atoms with van der Waals surface area (Å²) in [5.41, 5.74) is 8.18. The number of para-hydroxylation sites is 1. The van der Waals surface area contributed by atoms with Crippen LogP contribution in [0, 0.1) is 0 Å². The lowest BCUT2D eigenvalue weighted by atomic mass is 10.0. The second-order valence-corrected chi connectivity index (χ2v) is 9.77. The van der Waals surface area contributed by atoms with Crippen LogP contribution in [0.2, 0.25) is 0 Å². The summed E-state index contributed by atoms with van der Waals surface area (Å²) >= 11 is 0. The molecule has 0 saturated carbocycles. The number of hydrogen-bond donors (Lipinski definition) is 0. The van der Waals surface area contributed by atoms with Crippen molar-refractivity contribution in [2.24, 2.45) is 0 Å².